The van der Waals surface area contributed by atoms with Crippen molar-refractivity contribution in [1.29, 1.82) is 0 Å². The van der Waals surface area contributed by atoms with Gasteiger partial charge in [-0.2, -0.15) is 0 Å². The van der Waals surface area contributed by atoms with Crippen LogP contribution in [0.2, 0.25) is 0 Å². The zero-order valence-corrected chi connectivity index (χ0v) is 11.7. The SMILES string of the molecule is Cc1ccc(COc2ccccc2CC(=O)O)cc1C. The summed E-state index contributed by atoms with van der Waals surface area (Å²) >= 11 is 0. The topological polar surface area (TPSA) is 46.5 Å². The molecule has 0 fully saturated rings. The number of carboxylic acid groups (broad SMARTS) is 1. The van der Waals surface area contributed by atoms with E-state index in [0.29, 0.717) is 17.9 Å². The van der Waals surface area contributed by atoms with Crippen LogP contribution in [0.1, 0.15) is 22.3 Å². The van der Waals surface area contributed by atoms with Crippen molar-refractivity contribution in [3.8, 4) is 5.75 Å². The van der Waals surface area contributed by atoms with Crippen LogP contribution in [0.15, 0.2) is 42.5 Å². The van der Waals surface area contributed by atoms with Crippen LogP contribution in [0.3, 0.4) is 0 Å². The van der Waals surface area contributed by atoms with E-state index >= 15 is 0 Å². The van der Waals surface area contributed by atoms with Crippen LogP contribution < -0.4 is 4.74 Å². The summed E-state index contributed by atoms with van der Waals surface area (Å²) in [5.41, 5.74) is 4.26. The summed E-state index contributed by atoms with van der Waals surface area (Å²) in [6, 6.07) is 13.4. The molecule has 0 bridgehead atoms. The second-order valence-electron chi connectivity index (χ2n) is 4.89. The van der Waals surface area contributed by atoms with Gasteiger partial charge >= 0.3 is 5.97 Å². The van der Waals surface area contributed by atoms with Crippen LogP contribution in [0.25, 0.3) is 0 Å². The molecule has 0 aromatic heterocycles. The lowest BCUT2D eigenvalue weighted by molar-refractivity contribution is -0.136. The first-order valence-corrected chi connectivity index (χ1v) is 6.55. The van der Waals surface area contributed by atoms with Crippen molar-refractivity contribution in [2.24, 2.45) is 0 Å². The molecule has 0 unspecified atom stereocenters. The molecule has 2 aromatic carbocycles. The van der Waals surface area contributed by atoms with Crippen molar-refractivity contribution in [3.05, 3.63) is 64.7 Å². The molecule has 0 amide bonds. The van der Waals surface area contributed by atoms with Crippen LogP contribution in [0.5, 0.6) is 5.75 Å². The average Bonchev–Trinajstić information content (AvgIpc) is 2.41. The number of rotatable bonds is 5. The van der Waals surface area contributed by atoms with E-state index in [9.17, 15) is 4.79 Å². The maximum Gasteiger partial charge on any atom is 0.307 e. The largest absolute Gasteiger partial charge is 0.489 e. The minimum Gasteiger partial charge on any atom is -0.489 e. The van der Waals surface area contributed by atoms with Gasteiger partial charge in [0.1, 0.15) is 12.4 Å². The van der Waals surface area contributed by atoms with E-state index in [0.717, 1.165) is 5.56 Å². The first-order chi connectivity index (χ1) is 9.56. The molecular formula is C17H18O3. The van der Waals surface area contributed by atoms with E-state index < -0.39 is 5.97 Å². The summed E-state index contributed by atoms with van der Waals surface area (Å²) in [6.07, 6.45) is -0.0247. The third-order valence-electron chi connectivity index (χ3n) is 3.28. The predicted octanol–water partition coefficient (Wildman–Crippen LogP) is 3.51. The lowest BCUT2D eigenvalue weighted by Crippen LogP contribution is -2.04. The molecule has 0 aliphatic rings. The van der Waals surface area contributed by atoms with Gasteiger partial charge in [-0.1, -0.05) is 36.4 Å². The van der Waals surface area contributed by atoms with E-state index in [1.165, 1.54) is 11.1 Å². The molecule has 0 aliphatic carbocycles. The number of aliphatic carboxylic acids is 1. The van der Waals surface area contributed by atoms with Crippen molar-refractivity contribution < 1.29 is 14.6 Å². The molecule has 0 heterocycles. The Morgan fingerprint density at radius 1 is 1.10 bits per heavy atom. The van der Waals surface area contributed by atoms with Crippen molar-refractivity contribution >= 4 is 5.97 Å². The van der Waals surface area contributed by atoms with E-state index in [4.69, 9.17) is 9.84 Å². The van der Waals surface area contributed by atoms with Gasteiger partial charge in [0.2, 0.25) is 0 Å². The van der Waals surface area contributed by atoms with Gasteiger partial charge in [-0.25, -0.2) is 0 Å². The number of carbonyl (C=O) groups is 1. The molecule has 104 valence electrons. The molecule has 0 saturated carbocycles. The average molecular weight is 270 g/mol. The lowest BCUT2D eigenvalue weighted by atomic mass is 10.1. The molecule has 3 nitrogen and oxygen atoms in total. The summed E-state index contributed by atoms with van der Waals surface area (Å²) in [5.74, 6) is -0.222. The number of hydrogen-bond acceptors (Lipinski definition) is 2. The van der Waals surface area contributed by atoms with Crippen LogP contribution in [0, 0.1) is 13.8 Å². The number of ether oxygens (including phenoxy) is 1. The lowest BCUT2D eigenvalue weighted by Gasteiger charge is -2.11. The Morgan fingerprint density at radius 2 is 1.85 bits per heavy atom. The Bertz CT molecular complexity index is 617. The van der Waals surface area contributed by atoms with Crippen LogP contribution in [-0.2, 0) is 17.8 Å². The van der Waals surface area contributed by atoms with Crippen LogP contribution in [-0.4, -0.2) is 11.1 Å². The number of aryl methyl sites for hydroxylation is 2. The van der Waals surface area contributed by atoms with Gasteiger partial charge in [0.25, 0.3) is 0 Å². The Morgan fingerprint density at radius 3 is 2.55 bits per heavy atom. The zero-order chi connectivity index (χ0) is 14.5. The van der Waals surface area contributed by atoms with Crippen LogP contribution in [0.4, 0.5) is 0 Å². The molecule has 0 saturated heterocycles. The zero-order valence-electron chi connectivity index (χ0n) is 11.7. The van der Waals surface area contributed by atoms with E-state index in [-0.39, 0.29) is 6.42 Å². The summed E-state index contributed by atoms with van der Waals surface area (Å²) < 4.78 is 5.76. The summed E-state index contributed by atoms with van der Waals surface area (Å²) in [4.78, 5) is 10.8. The molecule has 0 aliphatic heterocycles. The molecule has 0 spiro atoms. The fraction of sp³-hybridized carbons (Fsp3) is 0.235. The monoisotopic (exact) mass is 270 g/mol. The number of hydrogen-bond donors (Lipinski definition) is 1. The van der Waals surface area contributed by atoms with Crippen LogP contribution >= 0.6 is 0 Å². The Kier molecular flexibility index (Phi) is 4.41. The fourth-order valence-corrected chi connectivity index (χ4v) is 2.01. The predicted molar refractivity (Wildman–Crippen MR) is 78.0 cm³/mol. The third-order valence-corrected chi connectivity index (χ3v) is 3.28. The summed E-state index contributed by atoms with van der Waals surface area (Å²) in [5, 5.41) is 8.89. The van der Waals surface area contributed by atoms with Gasteiger partial charge in [0.05, 0.1) is 6.42 Å². The Balaban J connectivity index is 2.10. The van der Waals surface area contributed by atoms with E-state index in [1.807, 2.05) is 18.2 Å². The van der Waals surface area contributed by atoms with Gasteiger partial charge in [0, 0.05) is 5.56 Å². The van der Waals surface area contributed by atoms with Crippen molar-refractivity contribution in [1.82, 2.24) is 0 Å². The highest BCUT2D eigenvalue weighted by molar-refractivity contribution is 5.71. The molecule has 0 atom stereocenters. The van der Waals surface area contributed by atoms with Gasteiger partial charge in [-0.15, -0.1) is 0 Å². The summed E-state index contributed by atoms with van der Waals surface area (Å²) in [6.45, 7) is 4.58. The maximum atomic E-state index is 10.8. The van der Waals surface area contributed by atoms with Crippen molar-refractivity contribution in [3.63, 3.8) is 0 Å². The first-order valence-electron chi connectivity index (χ1n) is 6.55. The van der Waals surface area contributed by atoms with Gasteiger partial charge in [-0.05, 0) is 36.6 Å². The Labute approximate surface area is 118 Å². The molecule has 20 heavy (non-hydrogen) atoms. The summed E-state index contributed by atoms with van der Waals surface area (Å²) in [7, 11) is 0. The van der Waals surface area contributed by atoms with E-state index in [2.05, 4.69) is 26.0 Å². The maximum absolute atomic E-state index is 10.8. The normalized spacial score (nSPS) is 10.3. The highest BCUT2D eigenvalue weighted by Gasteiger charge is 2.07. The third kappa shape index (κ3) is 3.60. The smallest absolute Gasteiger partial charge is 0.307 e. The molecule has 0 radical (unpaired) electrons. The van der Waals surface area contributed by atoms with Gasteiger partial charge < -0.3 is 9.84 Å². The molecule has 2 rings (SSSR count). The highest BCUT2D eigenvalue weighted by atomic mass is 16.5. The quantitative estimate of drug-likeness (QED) is 0.904. The molecule has 1 N–H and O–H groups in total. The fourth-order valence-electron chi connectivity index (χ4n) is 2.01. The molecule has 3 heteroatoms. The Hall–Kier alpha value is -2.29. The minimum atomic E-state index is -0.854. The highest BCUT2D eigenvalue weighted by Crippen LogP contribution is 2.20. The standard InChI is InChI=1S/C17H18O3/c1-12-7-8-14(9-13(12)2)11-20-16-6-4-3-5-15(16)10-17(18)19/h3-9H,10-11H2,1-2H3,(H,18,19). The van der Waals surface area contributed by atoms with Gasteiger partial charge in [0.15, 0.2) is 0 Å². The first kappa shape index (κ1) is 14.1. The van der Waals surface area contributed by atoms with E-state index in [1.54, 1.807) is 12.1 Å². The molecular weight excluding hydrogens is 252 g/mol. The number of benzene rings is 2. The second-order valence-corrected chi connectivity index (χ2v) is 4.89. The number of carboxylic acids is 1. The minimum absolute atomic E-state index is 0.0247. The van der Waals surface area contributed by atoms with Crippen molar-refractivity contribution in [2.45, 2.75) is 26.9 Å². The van der Waals surface area contributed by atoms with Crippen molar-refractivity contribution in [2.75, 3.05) is 0 Å². The van der Waals surface area contributed by atoms with Gasteiger partial charge in [-0.3, -0.25) is 4.79 Å². The molecule has 2 aromatic rings. The second kappa shape index (κ2) is 6.24. The number of para-hydroxylation sites is 1.